The number of nitrogens with one attached hydrogen (secondary N) is 1. The van der Waals surface area contributed by atoms with Gasteiger partial charge in [0.25, 0.3) is 0 Å². The first-order valence-corrected chi connectivity index (χ1v) is 8.91. The van der Waals surface area contributed by atoms with Gasteiger partial charge in [-0.05, 0) is 56.2 Å². The van der Waals surface area contributed by atoms with Gasteiger partial charge in [-0.2, -0.15) is 11.8 Å². The molecule has 1 aromatic rings. The number of furan rings is 1. The van der Waals surface area contributed by atoms with Crippen LogP contribution in [0.3, 0.4) is 0 Å². The average Bonchev–Trinajstić information content (AvgIpc) is 2.92. The molecule has 0 radical (unpaired) electrons. The van der Waals surface area contributed by atoms with Gasteiger partial charge in [0.05, 0.1) is 11.9 Å². The summed E-state index contributed by atoms with van der Waals surface area (Å²) < 4.78 is 11.6. The molecule has 0 bridgehead atoms. The van der Waals surface area contributed by atoms with Gasteiger partial charge in [0.2, 0.25) is 0 Å². The van der Waals surface area contributed by atoms with Crippen LogP contribution in [0.4, 0.5) is 0 Å². The Balaban J connectivity index is 1.51. The molecule has 0 amide bonds. The van der Waals surface area contributed by atoms with Crippen molar-refractivity contribution in [2.45, 2.75) is 56.7 Å². The molecule has 2 fully saturated rings. The van der Waals surface area contributed by atoms with Crippen LogP contribution in [0, 0.1) is 0 Å². The van der Waals surface area contributed by atoms with Gasteiger partial charge >= 0.3 is 0 Å². The van der Waals surface area contributed by atoms with Crippen molar-refractivity contribution >= 4 is 11.8 Å². The minimum Gasteiger partial charge on any atom is -0.469 e. The highest BCUT2D eigenvalue weighted by atomic mass is 32.2. The van der Waals surface area contributed by atoms with E-state index in [4.69, 9.17) is 9.15 Å². The number of thioether (sulfide) groups is 1. The molecule has 2 aliphatic rings. The standard InChI is InChI=1S/C16H25NO2S/c1-13(11-15-3-2-7-18-15)17-14-4-8-19-16(12-14)5-9-20-10-6-16/h2-3,7,13-14,17H,4-6,8-12H2,1H3. The maximum atomic E-state index is 6.15. The highest BCUT2D eigenvalue weighted by molar-refractivity contribution is 7.99. The maximum absolute atomic E-state index is 6.15. The fourth-order valence-electron chi connectivity index (χ4n) is 3.45. The molecular weight excluding hydrogens is 270 g/mol. The molecule has 3 heterocycles. The topological polar surface area (TPSA) is 34.4 Å². The molecule has 112 valence electrons. The van der Waals surface area contributed by atoms with E-state index in [2.05, 4.69) is 30.1 Å². The van der Waals surface area contributed by atoms with Gasteiger partial charge in [0.1, 0.15) is 5.76 Å². The van der Waals surface area contributed by atoms with Gasteiger partial charge in [0, 0.05) is 25.1 Å². The lowest BCUT2D eigenvalue weighted by Gasteiger charge is -2.44. The van der Waals surface area contributed by atoms with Crippen molar-refractivity contribution in [1.29, 1.82) is 0 Å². The third-order valence-electron chi connectivity index (χ3n) is 4.50. The second-order valence-electron chi connectivity index (χ2n) is 6.18. The van der Waals surface area contributed by atoms with Crippen molar-refractivity contribution in [3.8, 4) is 0 Å². The molecule has 4 heteroatoms. The zero-order valence-corrected chi connectivity index (χ0v) is 13.1. The molecule has 2 unspecified atom stereocenters. The molecule has 2 saturated heterocycles. The minimum atomic E-state index is 0.172. The number of hydrogen-bond donors (Lipinski definition) is 1. The number of rotatable bonds is 4. The Morgan fingerprint density at radius 1 is 1.45 bits per heavy atom. The van der Waals surface area contributed by atoms with Crippen LogP contribution in [0.15, 0.2) is 22.8 Å². The Kier molecular flexibility index (Phi) is 4.74. The molecule has 1 spiro atoms. The van der Waals surface area contributed by atoms with Gasteiger partial charge in [-0.15, -0.1) is 0 Å². The van der Waals surface area contributed by atoms with Crippen molar-refractivity contribution < 1.29 is 9.15 Å². The Morgan fingerprint density at radius 2 is 2.30 bits per heavy atom. The van der Waals surface area contributed by atoms with Gasteiger partial charge in [-0.1, -0.05) is 0 Å². The predicted molar refractivity (Wildman–Crippen MR) is 83.3 cm³/mol. The van der Waals surface area contributed by atoms with E-state index in [0.29, 0.717) is 12.1 Å². The number of hydrogen-bond acceptors (Lipinski definition) is 4. The monoisotopic (exact) mass is 295 g/mol. The van der Waals surface area contributed by atoms with Gasteiger partial charge in [0.15, 0.2) is 0 Å². The van der Waals surface area contributed by atoms with Crippen molar-refractivity contribution in [3.05, 3.63) is 24.2 Å². The summed E-state index contributed by atoms with van der Waals surface area (Å²) >= 11 is 2.07. The Labute approximate surface area is 125 Å². The summed E-state index contributed by atoms with van der Waals surface area (Å²) in [7, 11) is 0. The second kappa shape index (κ2) is 6.54. The Hall–Kier alpha value is -0.450. The molecule has 20 heavy (non-hydrogen) atoms. The lowest BCUT2D eigenvalue weighted by Crippen LogP contribution is -2.50. The zero-order chi connectivity index (χ0) is 13.8. The van der Waals surface area contributed by atoms with Gasteiger partial charge < -0.3 is 14.5 Å². The van der Waals surface area contributed by atoms with Crippen LogP contribution in [0.5, 0.6) is 0 Å². The van der Waals surface area contributed by atoms with Crippen LogP contribution in [-0.2, 0) is 11.2 Å². The quantitative estimate of drug-likeness (QED) is 0.924. The first-order chi connectivity index (χ1) is 9.76. The first kappa shape index (κ1) is 14.5. The largest absolute Gasteiger partial charge is 0.469 e. The maximum Gasteiger partial charge on any atom is 0.105 e. The SMILES string of the molecule is CC(Cc1ccco1)NC1CCOC2(CCSCC2)C1. The van der Waals surface area contributed by atoms with Gasteiger partial charge in [-0.3, -0.25) is 0 Å². The molecule has 1 N–H and O–H groups in total. The summed E-state index contributed by atoms with van der Waals surface area (Å²) in [6.07, 6.45) is 7.48. The second-order valence-corrected chi connectivity index (χ2v) is 7.41. The molecule has 3 nitrogen and oxygen atoms in total. The van der Waals surface area contributed by atoms with Crippen LogP contribution >= 0.6 is 11.8 Å². The average molecular weight is 295 g/mol. The summed E-state index contributed by atoms with van der Waals surface area (Å²) in [6.45, 7) is 3.16. The lowest BCUT2D eigenvalue weighted by molar-refractivity contribution is -0.0940. The van der Waals surface area contributed by atoms with Crippen LogP contribution in [-0.4, -0.2) is 35.8 Å². The molecule has 2 aliphatic heterocycles. The zero-order valence-electron chi connectivity index (χ0n) is 12.3. The van der Waals surface area contributed by atoms with E-state index < -0.39 is 0 Å². The first-order valence-electron chi connectivity index (χ1n) is 7.76. The van der Waals surface area contributed by atoms with E-state index in [1.54, 1.807) is 6.26 Å². The van der Waals surface area contributed by atoms with Crippen molar-refractivity contribution in [2.75, 3.05) is 18.1 Å². The Morgan fingerprint density at radius 3 is 3.05 bits per heavy atom. The molecule has 3 rings (SSSR count). The van der Waals surface area contributed by atoms with Crippen LogP contribution < -0.4 is 5.32 Å². The smallest absolute Gasteiger partial charge is 0.105 e. The molecule has 0 saturated carbocycles. The van der Waals surface area contributed by atoms with E-state index in [9.17, 15) is 0 Å². The van der Waals surface area contributed by atoms with E-state index >= 15 is 0 Å². The van der Waals surface area contributed by atoms with Crippen molar-refractivity contribution in [1.82, 2.24) is 5.32 Å². The molecule has 0 aliphatic carbocycles. The van der Waals surface area contributed by atoms with Crippen LogP contribution in [0.25, 0.3) is 0 Å². The number of ether oxygens (including phenoxy) is 1. The normalized spacial score (nSPS) is 27.6. The lowest BCUT2D eigenvalue weighted by atomic mass is 9.85. The summed E-state index contributed by atoms with van der Waals surface area (Å²) in [5, 5.41) is 3.78. The van der Waals surface area contributed by atoms with E-state index in [0.717, 1.165) is 25.2 Å². The molecular formula is C16H25NO2S. The fourth-order valence-corrected chi connectivity index (χ4v) is 4.69. The summed E-state index contributed by atoms with van der Waals surface area (Å²) in [5.41, 5.74) is 0.172. The summed E-state index contributed by atoms with van der Waals surface area (Å²) in [6, 6.07) is 5.07. The molecule has 2 atom stereocenters. The predicted octanol–water partition coefficient (Wildman–Crippen LogP) is 3.25. The van der Waals surface area contributed by atoms with E-state index in [1.807, 2.05) is 6.07 Å². The Bertz CT molecular complexity index is 395. The third kappa shape index (κ3) is 3.60. The van der Waals surface area contributed by atoms with Crippen LogP contribution in [0.2, 0.25) is 0 Å². The minimum absolute atomic E-state index is 0.172. The fraction of sp³-hybridized carbons (Fsp3) is 0.750. The molecule has 1 aromatic heterocycles. The van der Waals surface area contributed by atoms with Crippen molar-refractivity contribution in [2.24, 2.45) is 0 Å². The third-order valence-corrected chi connectivity index (χ3v) is 5.49. The van der Waals surface area contributed by atoms with E-state index in [1.165, 1.54) is 30.8 Å². The highest BCUT2D eigenvalue weighted by Crippen LogP contribution is 2.37. The molecule has 0 aromatic carbocycles. The van der Waals surface area contributed by atoms with Crippen molar-refractivity contribution in [3.63, 3.8) is 0 Å². The summed E-state index contributed by atoms with van der Waals surface area (Å²) in [5.74, 6) is 3.59. The van der Waals surface area contributed by atoms with E-state index in [-0.39, 0.29) is 5.60 Å². The van der Waals surface area contributed by atoms with Gasteiger partial charge in [-0.25, -0.2) is 0 Å². The van der Waals surface area contributed by atoms with Crippen LogP contribution in [0.1, 0.15) is 38.4 Å². The summed E-state index contributed by atoms with van der Waals surface area (Å²) in [4.78, 5) is 0. The highest BCUT2D eigenvalue weighted by Gasteiger charge is 2.38.